The predicted molar refractivity (Wildman–Crippen MR) is 92.5 cm³/mol. The Morgan fingerprint density at radius 1 is 1.08 bits per heavy atom. The lowest BCUT2D eigenvalue weighted by Gasteiger charge is -2.16. The molecule has 0 bridgehead atoms. The van der Waals surface area contributed by atoms with Crippen LogP contribution in [0.25, 0.3) is 10.9 Å². The molecule has 25 heavy (non-hydrogen) atoms. The zero-order valence-corrected chi connectivity index (χ0v) is 13.3. The van der Waals surface area contributed by atoms with Gasteiger partial charge in [-0.05, 0) is 17.7 Å². The molecule has 3 aromatic rings. The van der Waals surface area contributed by atoms with Crippen LogP contribution in [0.15, 0.2) is 65.6 Å². The van der Waals surface area contributed by atoms with Crippen molar-refractivity contribution in [2.45, 2.75) is 12.6 Å². The van der Waals surface area contributed by atoms with E-state index in [0.717, 1.165) is 0 Å². The minimum absolute atomic E-state index is 0.141. The Morgan fingerprint density at radius 2 is 1.76 bits per heavy atom. The maximum absolute atomic E-state index is 12.4. The van der Waals surface area contributed by atoms with Gasteiger partial charge in [0.25, 0.3) is 0 Å². The standard InChI is InChI=1S/C18H16N4O3/c19-18(25)17(12-6-2-1-3-7-12)21-16(24)11-22-14-9-5-4-8-13(14)15(23)10-20-22/h1-10,17H,11H2,(H2,19,25)(H,21,24)/t17-/m0/s1. The molecule has 0 saturated carbocycles. The van der Waals surface area contributed by atoms with Crippen molar-refractivity contribution in [3.8, 4) is 0 Å². The number of fused-ring (bicyclic) bond motifs is 1. The van der Waals surface area contributed by atoms with E-state index in [1.807, 2.05) is 0 Å². The molecule has 2 aromatic carbocycles. The molecular formula is C18H16N4O3. The van der Waals surface area contributed by atoms with Crippen molar-refractivity contribution in [3.05, 3.63) is 76.6 Å². The van der Waals surface area contributed by atoms with Crippen LogP contribution < -0.4 is 16.5 Å². The summed E-state index contributed by atoms with van der Waals surface area (Å²) in [6.45, 7) is -0.141. The monoisotopic (exact) mass is 336 g/mol. The number of rotatable bonds is 5. The van der Waals surface area contributed by atoms with E-state index in [4.69, 9.17) is 5.73 Å². The van der Waals surface area contributed by atoms with Gasteiger partial charge in [0.15, 0.2) is 0 Å². The molecule has 0 saturated heterocycles. The Hall–Kier alpha value is -3.48. The molecule has 2 amide bonds. The average molecular weight is 336 g/mol. The summed E-state index contributed by atoms with van der Waals surface area (Å²) in [6, 6.07) is 14.7. The SMILES string of the molecule is NC(=O)[C@@H](NC(=O)Cn1ncc(=O)c2ccccc21)c1ccccc1. The topological polar surface area (TPSA) is 107 Å². The lowest BCUT2D eigenvalue weighted by molar-refractivity contribution is -0.128. The molecule has 0 aliphatic heterocycles. The number of carbonyl (C=O) groups excluding carboxylic acids is 2. The first-order valence-electron chi connectivity index (χ1n) is 7.65. The van der Waals surface area contributed by atoms with Gasteiger partial charge in [0.05, 0.1) is 11.7 Å². The third-order valence-corrected chi connectivity index (χ3v) is 3.78. The molecule has 3 N–H and O–H groups in total. The molecule has 126 valence electrons. The lowest BCUT2D eigenvalue weighted by Crippen LogP contribution is -2.39. The van der Waals surface area contributed by atoms with Gasteiger partial charge < -0.3 is 11.1 Å². The number of hydrogen-bond donors (Lipinski definition) is 2. The van der Waals surface area contributed by atoms with E-state index in [2.05, 4.69) is 10.4 Å². The largest absolute Gasteiger partial charge is 0.368 e. The number of benzene rings is 2. The molecule has 0 aliphatic rings. The van der Waals surface area contributed by atoms with Crippen molar-refractivity contribution in [2.75, 3.05) is 0 Å². The zero-order valence-electron chi connectivity index (χ0n) is 13.3. The summed E-state index contributed by atoms with van der Waals surface area (Å²) in [5, 5.41) is 7.08. The smallest absolute Gasteiger partial charge is 0.244 e. The normalized spacial score (nSPS) is 11.8. The quantitative estimate of drug-likeness (QED) is 0.716. The van der Waals surface area contributed by atoms with Crippen LogP contribution >= 0.6 is 0 Å². The van der Waals surface area contributed by atoms with E-state index >= 15 is 0 Å². The Bertz CT molecular complexity index is 982. The fourth-order valence-corrected chi connectivity index (χ4v) is 2.59. The summed E-state index contributed by atoms with van der Waals surface area (Å²) >= 11 is 0. The summed E-state index contributed by atoms with van der Waals surface area (Å²) in [7, 11) is 0. The highest BCUT2D eigenvalue weighted by Crippen LogP contribution is 2.12. The first kappa shape index (κ1) is 16.4. The van der Waals surface area contributed by atoms with E-state index in [1.54, 1.807) is 54.6 Å². The third-order valence-electron chi connectivity index (χ3n) is 3.78. The van der Waals surface area contributed by atoms with E-state index < -0.39 is 17.9 Å². The number of para-hydroxylation sites is 1. The fourth-order valence-electron chi connectivity index (χ4n) is 2.59. The molecule has 3 rings (SSSR count). The lowest BCUT2D eigenvalue weighted by atomic mass is 10.1. The summed E-state index contributed by atoms with van der Waals surface area (Å²) in [4.78, 5) is 35.9. The van der Waals surface area contributed by atoms with Gasteiger partial charge in [0.1, 0.15) is 12.6 Å². The van der Waals surface area contributed by atoms with Crippen LogP contribution in [-0.4, -0.2) is 21.6 Å². The van der Waals surface area contributed by atoms with Gasteiger partial charge in [0, 0.05) is 5.39 Å². The van der Waals surface area contributed by atoms with Crippen LogP contribution in [-0.2, 0) is 16.1 Å². The van der Waals surface area contributed by atoms with E-state index in [1.165, 1.54) is 10.9 Å². The molecular weight excluding hydrogens is 320 g/mol. The minimum Gasteiger partial charge on any atom is -0.368 e. The van der Waals surface area contributed by atoms with Gasteiger partial charge in [-0.25, -0.2) is 0 Å². The summed E-state index contributed by atoms with van der Waals surface area (Å²) < 4.78 is 1.41. The number of carbonyl (C=O) groups is 2. The predicted octanol–water partition coefficient (Wildman–Crippen LogP) is 0.739. The number of aromatic nitrogens is 2. The molecule has 7 nitrogen and oxygen atoms in total. The molecule has 1 heterocycles. The van der Waals surface area contributed by atoms with Crippen molar-refractivity contribution in [2.24, 2.45) is 5.73 Å². The van der Waals surface area contributed by atoms with Gasteiger partial charge in [-0.3, -0.25) is 19.1 Å². The van der Waals surface area contributed by atoms with E-state index in [-0.39, 0.29) is 12.0 Å². The second-order valence-corrected chi connectivity index (χ2v) is 5.50. The Kier molecular flexibility index (Phi) is 4.56. The first-order chi connectivity index (χ1) is 12.1. The van der Waals surface area contributed by atoms with Crippen LogP contribution in [0.4, 0.5) is 0 Å². The second kappa shape index (κ2) is 6.96. The highest BCUT2D eigenvalue weighted by Gasteiger charge is 2.20. The van der Waals surface area contributed by atoms with Gasteiger partial charge in [-0.2, -0.15) is 5.10 Å². The van der Waals surface area contributed by atoms with Crippen molar-refractivity contribution in [1.82, 2.24) is 15.1 Å². The van der Waals surface area contributed by atoms with E-state index in [0.29, 0.717) is 16.5 Å². The number of primary amides is 1. The molecule has 1 aromatic heterocycles. The Labute approximate surface area is 143 Å². The van der Waals surface area contributed by atoms with Crippen LogP contribution in [0.5, 0.6) is 0 Å². The molecule has 1 atom stereocenters. The highest BCUT2D eigenvalue weighted by atomic mass is 16.2. The molecule has 7 heteroatoms. The van der Waals surface area contributed by atoms with Crippen LogP contribution in [0.3, 0.4) is 0 Å². The van der Waals surface area contributed by atoms with Crippen molar-refractivity contribution < 1.29 is 9.59 Å². The molecule has 0 fully saturated rings. The Balaban J connectivity index is 1.84. The summed E-state index contributed by atoms with van der Waals surface area (Å²) in [5.74, 6) is -1.09. The molecule has 0 aliphatic carbocycles. The number of nitrogens with one attached hydrogen (secondary N) is 1. The van der Waals surface area contributed by atoms with Crippen molar-refractivity contribution in [1.29, 1.82) is 0 Å². The molecule has 0 unspecified atom stereocenters. The maximum atomic E-state index is 12.4. The van der Waals surface area contributed by atoms with E-state index in [9.17, 15) is 14.4 Å². The zero-order chi connectivity index (χ0) is 17.8. The number of nitrogens with zero attached hydrogens (tertiary/aromatic N) is 2. The van der Waals surface area contributed by atoms with Crippen molar-refractivity contribution >= 4 is 22.7 Å². The second-order valence-electron chi connectivity index (χ2n) is 5.50. The molecule has 0 radical (unpaired) electrons. The van der Waals surface area contributed by atoms with Crippen LogP contribution in [0.1, 0.15) is 11.6 Å². The Morgan fingerprint density at radius 3 is 2.48 bits per heavy atom. The maximum Gasteiger partial charge on any atom is 0.244 e. The minimum atomic E-state index is -0.931. The third kappa shape index (κ3) is 3.55. The number of hydrogen-bond acceptors (Lipinski definition) is 4. The van der Waals surface area contributed by atoms with Gasteiger partial charge >= 0.3 is 0 Å². The van der Waals surface area contributed by atoms with Gasteiger partial charge in [-0.15, -0.1) is 0 Å². The van der Waals surface area contributed by atoms with Gasteiger partial charge in [-0.1, -0.05) is 42.5 Å². The van der Waals surface area contributed by atoms with Gasteiger partial charge in [0.2, 0.25) is 17.2 Å². The summed E-state index contributed by atoms with van der Waals surface area (Å²) in [6.07, 6.45) is 1.17. The van der Waals surface area contributed by atoms with Crippen LogP contribution in [0, 0.1) is 0 Å². The molecule has 0 spiro atoms. The number of nitrogens with two attached hydrogens (primary N) is 1. The highest BCUT2D eigenvalue weighted by molar-refractivity contribution is 5.88. The first-order valence-corrected chi connectivity index (χ1v) is 7.65. The fraction of sp³-hybridized carbons (Fsp3) is 0.111. The van der Waals surface area contributed by atoms with Crippen LogP contribution in [0.2, 0.25) is 0 Å². The number of amides is 2. The van der Waals surface area contributed by atoms with Crippen molar-refractivity contribution in [3.63, 3.8) is 0 Å². The summed E-state index contributed by atoms with van der Waals surface area (Å²) in [5.41, 5.74) is 6.33. The average Bonchev–Trinajstić information content (AvgIpc) is 2.63.